The van der Waals surface area contributed by atoms with Crippen molar-refractivity contribution in [1.29, 1.82) is 0 Å². The molecule has 0 spiro atoms. The Hall–Kier alpha value is -2.61. The molecule has 0 aromatic heterocycles. The Bertz CT molecular complexity index is 1010. The van der Waals surface area contributed by atoms with Crippen LogP contribution in [0.3, 0.4) is 0 Å². The third kappa shape index (κ3) is 5.63. The van der Waals surface area contributed by atoms with Crippen LogP contribution >= 0.6 is 0 Å². The van der Waals surface area contributed by atoms with Crippen LogP contribution in [0, 0.1) is 0 Å². The fraction of sp³-hybridized carbons (Fsp3) is 0.345. The molecule has 0 aliphatic carbocycles. The zero-order valence-corrected chi connectivity index (χ0v) is 21.6. The average molecular weight is 491 g/mol. The van der Waals surface area contributed by atoms with Crippen molar-refractivity contribution in [1.82, 2.24) is 0 Å². The van der Waals surface area contributed by atoms with Crippen LogP contribution in [0.25, 0.3) is 0 Å². The Kier molecular flexibility index (Phi) is 8.31. The normalized spacial score (nSPS) is 20.9. The quantitative estimate of drug-likeness (QED) is 0.334. The van der Waals surface area contributed by atoms with Crippen molar-refractivity contribution in [3.8, 4) is 0 Å². The Morgan fingerprint density at radius 3 is 1.91 bits per heavy atom. The highest BCUT2D eigenvalue weighted by atomic mass is 28.4. The number of carbonyl (C=O) groups is 1. The van der Waals surface area contributed by atoms with E-state index in [9.17, 15) is 4.79 Å². The Morgan fingerprint density at radius 1 is 0.857 bits per heavy atom. The lowest BCUT2D eigenvalue weighted by atomic mass is 10.1. The molecule has 3 aromatic carbocycles. The van der Waals surface area contributed by atoms with E-state index >= 15 is 0 Å². The molecule has 35 heavy (non-hydrogen) atoms. The number of aldehydes is 1. The molecule has 0 radical (unpaired) electrons. The molecular weight excluding hydrogens is 456 g/mol. The second-order valence-corrected chi connectivity index (χ2v) is 14.1. The zero-order valence-electron chi connectivity index (χ0n) is 20.6. The Labute approximate surface area is 209 Å². The molecule has 1 aliphatic rings. The summed E-state index contributed by atoms with van der Waals surface area (Å²) in [6.45, 7) is 7.40. The SMILES string of the molecule is CC(C)(C)[Si](OC[C@H]1OCO[C@H](C=O)[C@@H]1OCc1ccccc1)(c1ccccc1)c1ccccc1. The topological polar surface area (TPSA) is 54.0 Å². The first kappa shape index (κ1) is 25.5. The molecule has 1 heterocycles. The maximum atomic E-state index is 11.8. The van der Waals surface area contributed by atoms with E-state index in [4.69, 9.17) is 18.6 Å². The van der Waals surface area contributed by atoms with Crippen LogP contribution in [0.4, 0.5) is 0 Å². The van der Waals surface area contributed by atoms with Gasteiger partial charge >= 0.3 is 0 Å². The van der Waals surface area contributed by atoms with Gasteiger partial charge in [0.25, 0.3) is 8.32 Å². The van der Waals surface area contributed by atoms with Gasteiger partial charge in [0.05, 0.1) is 13.2 Å². The standard InChI is InChI=1S/C29H34O5Si/c1-29(2,3)35(24-15-9-5-10-16-24,25-17-11-6-12-18-25)34-21-27-28(26(19-30)32-22-33-27)31-20-23-13-7-4-8-14-23/h4-19,26-28H,20-22H2,1-3H3/t26-,27-,28+/m1/s1. The van der Waals surface area contributed by atoms with Crippen LogP contribution in [-0.4, -0.2) is 46.3 Å². The first-order chi connectivity index (χ1) is 17.0. The van der Waals surface area contributed by atoms with E-state index in [-0.39, 0.29) is 11.8 Å². The molecule has 184 valence electrons. The summed E-state index contributed by atoms with van der Waals surface area (Å²) in [5.74, 6) is 0. The lowest BCUT2D eigenvalue weighted by molar-refractivity contribution is -0.242. The summed E-state index contributed by atoms with van der Waals surface area (Å²) in [5, 5.41) is 2.23. The molecule has 0 amide bonds. The molecule has 1 saturated heterocycles. The van der Waals surface area contributed by atoms with E-state index in [0.717, 1.165) is 11.8 Å². The number of hydrogen-bond acceptors (Lipinski definition) is 5. The predicted octanol–water partition coefficient (Wildman–Crippen LogP) is 4.09. The van der Waals surface area contributed by atoms with Gasteiger partial charge in [-0.2, -0.15) is 0 Å². The van der Waals surface area contributed by atoms with Crippen LogP contribution in [0.1, 0.15) is 26.3 Å². The predicted molar refractivity (Wildman–Crippen MR) is 139 cm³/mol. The van der Waals surface area contributed by atoms with Crippen LogP contribution in [0.2, 0.25) is 5.04 Å². The summed E-state index contributed by atoms with van der Waals surface area (Å²) < 4.78 is 24.8. The smallest absolute Gasteiger partial charge is 0.261 e. The van der Waals surface area contributed by atoms with Crippen molar-refractivity contribution in [3.05, 3.63) is 96.6 Å². The van der Waals surface area contributed by atoms with Gasteiger partial charge in [-0.15, -0.1) is 0 Å². The maximum Gasteiger partial charge on any atom is 0.261 e. The number of carbonyl (C=O) groups excluding carboxylic acids is 1. The molecule has 5 nitrogen and oxygen atoms in total. The first-order valence-corrected chi connectivity index (χ1v) is 14.0. The summed E-state index contributed by atoms with van der Waals surface area (Å²) in [5.41, 5.74) is 1.02. The molecule has 6 heteroatoms. The number of ether oxygens (including phenoxy) is 3. The highest BCUT2D eigenvalue weighted by Gasteiger charge is 2.51. The van der Waals surface area contributed by atoms with Gasteiger partial charge in [0.1, 0.15) is 25.1 Å². The number of hydrogen-bond donors (Lipinski definition) is 0. The van der Waals surface area contributed by atoms with E-state index in [0.29, 0.717) is 13.2 Å². The minimum atomic E-state index is -2.75. The fourth-order valence-corrected chi connectivity index (χ4v) is 9.37. The zero-order chi connectivity index (χ0) is 24.7. The van der Waals surface area contributed by atoms with Gasteiger partial charge in [-0.3, -0.25) is 0 Å². The largest absolute Gasteiger partial charge is 0.405 e. The average Bonchev–Trinajstić information content (AvgIpc) is 2.89. The monoisotopic (exact) mass is 490 g/mol. The third-order valence-corrected chi connectivity index (χ3v) is 11.5. The Morgan fingerprint density at radius 2 is 1.40 bits per heavy atom. The van der Waals surface area contributed by atoms with Crippen LogP contribution in [-0.2, 0) is 30.0 Å². The lowest BCUT2D eigenvalue weighted by Gasteiger charge is -2.45. The van der Waals surface area contributed by atoms with Gasteiger partial charge in [-0.1, -0.05) is 112 Å². The highest BCUT2D eigenvalue weighted by molar-refractivity contribution is 6.99. The van der Waals surface area contributed by atoms with Crippen molar-refractivity contribution >= 4 is 25.0 Å². The summed E-state index contributed by atoms with van der Waals surface area (Å²) in [6.07, 6.45) is -0.919. The number of rotatable bonds is 9. The van der Waals surface area contributed by atoms with Gasteiger partial charge in [0.15, 0.2) is 6.29 Å². The van der Waals surface area contributed by atoms with Gasteiger partial charge in [-0.25, -0.2) is 0 Å². The van der Waals surface area contributed by atoms with E-state index in [1.54, 1.807) is 0 Å². The van der Waals surface area contributed by atoms with Crippen molar-refractivity contribution in [2.24, 2.45) is 0 Å². The van der Waals surface area contributed by atoms with E-state index < -0.39 is 26.6 Å². The second-order valence-electron chi connectivity index (χ2n) is 9.83. The van der Waals surface area contributed by atoms with Gasteiger partial charge in [0.2, 0.25) is 0 Å². The summed E-state index contributed by atoms with van der Waals surface area (Å²) in [7, 11) is -2.75. The molecule has 3 atom stereocenters. The molecule has 4 rings (SSSR count). The molecule has 1 fully saturated rings. The number of benzene rings is 3. The molecule has 0 N–H and O–H groups in total. The molecule has 0 saturated carbocycles. The second kappa shape index (κ2) is 11.4. The molecule has 0 unspecified atom stereocenters. The highest BCUT2D eigenvalue weighted by Crippen LogP contribution is 2.37. The summed E-state index contributed by atoms with van der Waals surface area (Å²) in [6, 6.07) is 30.8. The van der Waals surface area contributed by atoms with Crippen molar-refractivity contribution < 1.29 is 23.4 Å². The van der Waals surface area contributed by atoms with E-state index in [2.05, 4.69) is 69.3 Å². The van der Waals surface area contributed by atoms with Gasteiger partial charge in [0, 0.05) is 0 Å². The Balaban J connectivity index is 1.64. The molecule has 1 aliphatic heterocycles. The molecule has 0 bridgehead atoms. The lowest BCUT2D eigenvalue weighted by Crippen LogP contribution is -2.67. The summed E-state index contributed by atoms with van der Waals surface area (Å²) >= 11 is 0. The van der Waals surface area contributed by atoms with Crippen LogP contribution in [0.15, 0.2) is 91.0 Å². The maximum absolute atomic E-state index is 11.8. The minimum absolute atomic E-state index is 0.0311. The van der Waals surface area contributed by atoms with Crippen molar-refractivity contribution in [2.45, 2.75) is 50.7 Å². The minimum Gasteiger partial charge on any atom is -0.405 e. The van der Waals surface area contributed by atoms with E-state index in [1.807, 2.05) is 42.5 Å². The molecular formula is C29H34O5Si. The third-order valence-electron chi connectivity index (χ3n) is 6.53. The van der Waals surface area contributed by atoms with Crippen LogP contribution in [0.5, 0.6) is 0 Å². The fourth-order valence-electron chi connectivity index (χ4n) is 4.80. The van der Waals surface area contributed by atoms with Gasteiger partial charge < -0.3 is 23.4 Å². The van der Waals surface area contributed by atoms with Gasteiger partial charge in [-0.05, 0) is 21.0 Å². The van der Waals surface area contributed by atoms with Crippen LogP contribution < -0.4 is 10.4 Å². The summed E-state index contributed by atoms with van der Waals surface area (Å²) in [4.78, 5) is 11.8. The molecule has 3 aromatic rings. The van der Waals surface area contributed by atoms with Crippen molar-refractivity contribution in [3.63, 3.8) is 0 Å². The van der Waals surface area contributed by atoms with Crippen molar-refractivity contribution in [2.75, 3.05) is 13.4 Å². The van der Waals surface area contributed by atoms with E-state index in [1.165, 1.54) is 10.4 Å². The first-order valence-electron chi connectivity index (χ1n) is 12.0.